The minimum Gasteiger partial charge on any atom is -0.508 e. The lowest BCUT2D eigenvalue weighted by molar-refractivity contribution is 0.121. The summed E-state index contributed by atoms with van der Waals surface area (Å²) in [5.41, 5.74) is 6.34. The van der Waals surface area contributed by atoms with Gasteiger partial charge in [-0.15, -0.1) is 0 Å². The van der Waals surface area contributed by atoms with Crippen molar-refractivity contribution in [2.24, 2.45) is 5.73 Å². The number of phenolic OH excluding ortho intramolecular Hbond substituents is 1. The zero-order chi connectivity index (χ0) is 15.0. The highest BCUT2D eigenvalue weighted by atomic mass is 16.6. The number of nitrogens with zero attached hydrogens (tertiary/aromatic N) is 1. The predicted molar refractivity (Wildman–Crippen MR) is 76.7 cm³/mol. The van der Waals surface area contributed by atoms with E-state index in [1.54, 1.807) is 24.3 Å². The smallest absolute Gasteiger partial charge is 0.416 e. The monoisotopic (exact) mass is 279 g/mol. The molecule has 20 heavy (non-hydrogen) atoms. The van der Waals surface area contributed by atoms with Crippen molar-refractivity contribution in [3.05, 3.63) is 29.8 Å². The van der Waals surface area contributed by atoms with Crippen LogP contribution in [0.2, 0.25) is 0 Å². The first-order valence-electron chi connectivity index (χ1n) is 6.60. The van der Waals surface area contributed by atoms with E-state index in [0.717, 1.165) is 23.3 Å². The number of nitrogens with one attached hydrogen (secondary N) is 1. The molecule has 6 heteroatoms. The molecule has 0 aliphatic rings. The van der Waals surface area contributed by atoms with Crippen molar-refractivity contribution >= 4 is 12.1 Å². The van der Waals surface area contributed by atoms with E-state index in [1.807, 2.05) is 6.92 Å². The molecule has 1 amide bonds. The highest BCUT2D eigenvalue weighted by Crippen LogP contribution is 2.10. The van der Waals surface area contributed by atoms with Crippen LogP contribution < -0.4 is 5.73 Å². The van der Waals surface area contributed by atoms with Crippen LogP contribution in [0, 0.1) is 5.41 Å². The topological polar surface area (TPSA) is 99.6 Å². The highest BCUT2D eigenvalue weighted by molar-refractivity contribution is 5.91. The third-order valence-electron chi connectivity index (χ3n) is 2.80. The normalized spacial score (nSPS) is 10.1. The quantitative estimate of drug-likeness (QED) is 0.421. The van der Waals surface area contributed by atoms with Crippen molar-refractivity contribution in [3.8, 4) is 5.75 Å². The summed E-state index contributed by atoms with van der Waals surface area (Å²) in [6, 6.07) is 6.67. The molecule has 0 spiro atoms. The summed E-state index contributed by atoms with van der Waals surface area (Å²) < 4.78 is 5.04. The number of amides is 1. The molecule has 0 unspecified atom stereocenters. The summed E-state index contributed by atoms with van der Waals surface area (Å²) in [4.78, 5) is 12.9. The Morgan fingerprint density at radius 2 is 2.05 bits per heavy atom. The van der Waals surface area contributed by atoms with E-state index in [0.29, 0.717) is 13.0 Å². The Morgan fingerprint density at radius 3 is 2.60 bits per heavy atom. The number of benzene rings is 1. The Morgan fingerprint density at radius 1 is 1.40 bits per heavy atom. The first-order chi connectivity index (χ1) is 9.54. The fourth-order valence-corrected chi connectivity index (χ4v) is 1.60. The van der Waals surface area contributed by atoms with Crippen LogP contribution in [0.1, 0.15) is 25.3 Å². The maximum Gasteiger partial charge on any atom is 0.416 e. The number of aromatic hydroxyl groups is 1. The Bertz CT molecular complexity index is 445. The van der Waals surface area contributed by atoms with Crippen LogP contribution in [-0.2, 0) is 11.2 Å². The van der Waals surface area contributed by atoms with Crippen LogP contribution in [0.15, 0.2) is 24.3 Å². The summed E-state index contributed by atoms with van der Waals surface area (Å²) >= 11 is 0. The van der Waals surface area contributed by atoms with E-state index < -0.39 is 6.09 Å². The molecule has 0 aromatic heterocycles. The van der Waals surface area contributed by atoms with Gasteiger partial charge in [-0.2, -0.15) is 0 Å². The van der Waals surface area contributed by atoms with Crippen molar-refractivity contribution in [3.63, 3.8) is 0 Å². The number of hydrogen-bond acceptors (Lipinski definition) is 4. The van der Waals surface area contributed by atoms with Gasteiger partial charge in [0.1, 0.15) is 5.75 Å². The van der Waals surface area contributed by atoms with Crippen molar-refractivity contribution in [1.82, 2.24) is 4.90 Å². The molecule has 0 saturated carbocycles. The molecule has 0 aliphatic carbocycles. The van der Waals surface area contributed by atoms with Crippen molar-refractivity contribution in [1.29, 1.82) is 5.41 Å². The van der Waals surface area contributed by atoms with Gasteiger partial charge in [0, 0.05) is 6.54 Å². The number of nitrogens with two attached hydrogens (primary N) is 1. The van der Waals surface area contributed by atoms with Crippen molar-refractivity contribution in [2.45, 2.75) is 26.2 Å². The van der Waals surface area contributed by atoms with Gasteiger partial charge in [0.2, 0.25) is 0 Å². The lowest BCUT2D eigenvalue weighted by Crippen LogP contribution is -2.42. The van der Waals surface area contributed by atoms with Crippen molar-refractivity contribution in [2.75, 3.05) is 13.2 Å². The third-order valence-corrected chi connectivity index (χ3v) is 2.80. The molecule has 0 fully saturated rings. The van der Waals surface area contributed by atoms with Crippen LogP contribution in [0.25, 0.3) is 0 Å². The molecular formula is C14H21N3O3. The molecule has 110 valence electrons. The molecule has 1 aromatic carbocycles. The average Bonchev–Trinajstić information content (AvgIpc) is 2.41. The number of hydrogen-bond donors (Lipinski definition) is 3. The molecule has 0 radical (unpaired) electrons. The van der Waals surface area contributed by atoms with Crippen molar-refractivity contribution < 1.29 is 14.6 Å². The zero-order valence-corrected chi connectivity index (χ0v) is 11.6. The summed E-state index contributed by atoms with van der Waals surface area (Å²) in [7, 11) is 0. The first-order valence-corrected chi connectivity index (χ1v) is 6.60. The van der Waals surface area contributed by atoms with Gasteiger partial charge >= 0.3 is 6.09 Å². The second-order valence-corrected chi connectivity index (χ2v) is 4.42. The van der Waals surface area contributed by atoms with Gasteiger partial charge in [-0.25, -0.2) is 9.69 Å². The maximum absolute atomic E-state index is 11.8. The molecule has 1 aromatic rings. The van der Waals surface area contributed by atoms with Crippen LogP contribution in [0.5, 0.6) is 5.75 Å². The van der Waals surface area contributed by atoms with Gasteiger partial charge in [0.15, 0.2) is 5.96 Å². The molecule has 0 saturated heterocycles. The number of guanidine groups is 1. The lowest BCUT2D eigenvalue weighted by Gasteiger charge is -2.20. The van der Waals surface area contributed by atoms with E-state index in [-0.39, 0.29) is 18.3 Å². The van der Waals surface area contributed by atoms with Gasteiger partial charge in [-0.1, -0.05) is 25.5 Å². The number of carbonyl (C=O) groups excluding carboxylic acids is 1. The third kappa shape index (κ3) is 5.17. The minimum atomic E-state index is -0.593. The minimum absolute atomic E-state index is 0.191. The molecule has 0 aliphatic heterocycles. The van der Waals surface area contributed by atoms with Gasteiger partial charge in [0.05, 0.1) is 6.61 Å². The van der Waals surface area contributed by atoms with Crippen LogP contribution in [0.4, 0.5) is 4.79 Å². The molecule has 6 nitrogen and oxygen atoms in total. The van der Waals surface area contributed by atoms with Crippen LogP contribution >= 0.6 is 0 Å². The molecular weight excluding hydrogens is 258 g/mol. The molecule has 0 heterocycles. The van der Waals surface area contributed by atoms with Gasteiger partial charge < -0.3 is 15.6 Å². The lowest BCUT2D eigenvalue weighted by atomic mass is 10.1. The average molecular weight is 279 g/mol. The zero-order valence-electron chi connectivity index (χ0n) is 11.6. The standard InChI is InChI=1S/C14H21N3O3/c1-2-3-10-20-14(19)17(13(15)16)9-8-11-4-6-12(18)7-5-11/h4-7,18H,2-3,8-10H2,1H3,(H3,15,16). The van der Waals surface area contributed by atoms with Gasteiger partial charge in [0.25, 0.3) is 0 Å². The largest absolute Gasteiger partial charge is 0.508 e. The van der Waals surface area contributed by atoms with Gasteiger partial charge in [-0.05, 0) is 30.5 Å². The molecule has 0 atom stereocenters. The number of carbonyl (C=O) groups is 1. The Kier molecular flexibility index (Phi) is 6.36. The predicted octanol–water partition coefficient (Wildman–Crippen LogP) is 2.07. The first kappa shape index (κ1) is 15.8. The second kappa shape index (κ2) is 8.04. The SMILES string of the molecule is CCCCOC(=O)N(CCc1ccc(O)cc1)C(=N)N. The van der Waals surface area contributed by atoms with Gasteiger partial charge in [-0.3, -0.25) is 5.41 Å². The molecule has 0 bridgehead atoms. The van der Waals surface area contributed by atoms with E-state index in [4.69, 9.17) is 15.9 Å². The van der Waals surface area contributed by atoms with E-state index in [1.165, 1.54) is 0 Å². The second-order valence-electron chi connectivity index (χ2n) is 4.42. The summed E-state index contributed by atoms with van der Waals surface area (Å²) in [6.07, 6.45) is 1.66. The van der Waals surface area contributed by atoms with Crippen LogP contribution in [-0.4, -0.2) is 35.2 Å². The maximum atomic E-state index is 11.8. The number of rotatable bonds is 6. The fourth-order valence-electron chi connectivity index (χ4n) is 1.60. The van der Waals surface area contributed by atoms with E-state index in [9.17, 15) is 9.90 Å². The number of phenols is 1. The van der Waals surface area contributed by atoms with Crippen LogP contribution in [0.3, 0.4) is 0 Å². The Hall–Kier alpha value is -2.24. The Labute approximate surface area is 118 Å². The van der Waals surface area contributed by atoms with E-state index >= 15 is 0 Å². The van der Waals surface area contributed by atoms with E-state index in [2.05, 4.69) is 0 Å². The Balaban J connectivity index is 2.52. The highest BCUT2D eigenvalue weighted by Gasteiger charge is 2.17. The fraction of sp³-hybridized carbons (Fsp3) is 0.429. The number of unbranched alkanes of at least 4 members (excludes halogenated alkanes) is 1. The molecule has 1 rings (SSSR count). The summed E-state index contributed by atoms with van der Waals surface area (Å²) in [6.45, 7) is 2.60. The summed E-state index contributed by atoms with van der Waals surface area (Å²) in [5.74, 6) is -0.138. The number of ether oxygens (including phenoxy) is 1. The molecule has 4 N–H and O–H groups in total. The summed E-state index contributed by atoms with van der Waals surface area (Å²) in [5, 5.41) is 16.6.